The summed E-state index contributed by atoms with van der Waals surface area (Å²) in [4.78, 5) is 13.8. The largest absolute Gasteiger partial charge is 0.496 e. The molecule has 3 rings (SSSR count). The van der Waals surface area contributed by atoms with E-state index < -0.39 is 12.1 Å². The minimum Gasteiger partial charge on any atom is -0.496 e. The summed E-state index contributed by atoms with van der Waals surface area (Å²) in [5, 5.41) is 7.12. The lowest BCUT2D eigenvalue weighted by atomic mass is 10.1. The van der Waals surface area contributed by atoms with Crippen LogP contribution >= 0.6 is 0 Å². The molecule has 1 N–H and O–H groups in total. The van der Waals surface area contributed by atoms with Gasteiger partial charge in [-0.05, 0) is 12.1 Å². The number of rotatable bonds is 7. The molecule has 0 aromatic heterocycles. The van der Waals surface area contributed by atoms with Crippen molar-refractivity contribution < 1.29 is 37.3 Å². The van der Waals surface area contributed by atoms with Gasteiger partial charge in [-0.25, -0.2) is 4.79 Å². The number of aliphatic carboxylic acids is 1. The summed E-state index contributed by atoms with van der Waals surface area (Å²) < 4.78 is 48.2. The van der Waals surface area contributed by atoms with Crippen molar-refractivity contribution in [3.8, 4) is 17.2 Å². The van der Waals surface area contributed by atoms with Crippen molar-refractivity contribution in [2.24, 2.45) is 0 Å². The number of carboxylic acids is 1. The highest BCUT2D eigenvalue weighted by Gasteiger charge is 2.38. The first-order valence-electron chi connectivity index (χ1n) is 10.3. The molecule has 0 unspecified atom stereocenters. The fourth-order valence-corrected chi connectivity index (χ4v) is 3.50. The van der Waals surface area contributed by atoms with Crippen molar-refractivity contribution in [2.75, 3.05) is 47.5 Å². The molecule has 0 spiro atoms. The first-order valence-corrected chi connectivity index (χ1v) is 10.3. The number of hydrogen-bond donors (Lipinski definition) is 1. The summed E-state index contributed by atoms with van der Waals surface area (Å²) in [6.07, 6.45) is -5.08. The summed E-state index contributed by atoms with van der Waals surface area (Å²) in [5.74, 6) is -0.158. The van der Waals surface area contributed by atoms with Crippen molar-refractivity contribution >= 4 is 5.97 Å². The highest BCUT2D eigenvalue weighted by atomic mass is 19.4. The van der Waals surface area contributed by atoms with E-state index in [0.717, 1.165) is 56.5 Å². The monoisotopic (exact) mass is 470 g/mol. The number of carboxylic acid groups (broad SMARTS) is 1. The number of ether oxygens (including phenoxy) is 3. The van der Waals surface area contributed by atoms with Crippen LogP contribution in [0.2, 0.25) is 0 Å². The molecule has 1 fully saturated rings. The molecule has 33 heavy (non-hydrogen) atoms. The molecule has 0 radical (unpaired) electrons. The molecule has 182 valence electrons. The number of piperazine rings is 1. The third-order valence-electron chi connectivity index (χ3n) is 5.17. The van der Waals surface area contributed by atoms with Gasteiger partial charge in [-0.1, -0.05) is 30.3 Å². The lowest BCUT2D eigenvalue weighted by Gasteiger charge is -2.35. The number of hydrogen-bond acceptors (Lipinski definition) is 6. The zero-order chi connectivity index (χ0) is 24.4. The van der Waals surface area contributed by atoms with E-state index >= 15 is 0 Å². The van der Waals surface area contributed by atoms with Crippen LogP contribution in [0, 0.1) is 0 Å². The Bertz CT molecular complexity index is 900. The van der Waals surface area contributed by atoms with E-state index in [0.29, 0.717) is 0 Å². The van der Waals surface area contributed by atoms with Crippen molar-refractivity contribution in [1.82, 2.24) is 9.80 Å². The van der Waals surface area contributed by atoms with Crippen LogP contribution in [0.4, 0.5) is 13.2 Å². The van der Waals surface area contributed by atoms with Gasteiger partial charge in [0.15, 0.2) is 11.5 Å². The average Bonchev–Trinajstić information content (AvgIpc) is 2.80. The summed E-state index contributed by atoms with van der Waals surface area (Å²) >= 11 is 0. The number of benzene rings is 2. The van der Waals surface area contributed by atoms with Crippen LogP contribution in [-0.2, 0) is 17.9 Å². The van der Waals surface area contributed by atoms with Gasteiger partial charge in [0.2, 0.25) is 0 Å². The number of methoxy groups -OCH3 is 3. The van der Waals surface area contributed by atoms with Gasteiger partial charge in [0.1, 0.15) is 5.75 Å². The van der Waals surface area contributed by atoms with Crippen molar-refractivity contribution in [3.63, 3.8) is 0 Å². The van der Waals surface area contributed by atoms with Crippen LogP contribution in [0.3, 0.4) is 0 Å². The number of halogens is 3. The SMILES string of the molecule is COc1ccccc1CN1CCN(Cc2cccc(OC)c2OC)CC1.O=C(O)C(F)(F)F. The van der Waals surface area contributed by atoms with Gasteiger partial charge >= 0.3 is 12.1 Å². The molecule has 1 saturated heterocycles. The van der Waals surface area contributed by atoms with Gasteiger partial charge in [-0.3, -0.25) is 9.80 Å². The number of nitrogens with zero attached hydrogens (tertiary/aromatic N) is 2. The summed E-state index contributed by atoms with van der Waals surface area (Å²) in [6, 6.07) is 14.3. The second-order valence-electron chi connectivity index (χ2n) is 7.32. The third kappa shape index (κ3) is 7.83. The van der Waals surface area contributed by atoms with Crippen LogP contribution in [0.5, 0.6) is 17.2 Å². The standard InChI is InChI=1S/C21H28N2O3.C2HF3O2/c1-24-19-9-5-4-7-17(19)15-22-11-13-23(14-12-22)16-18-8-6-10-20(25-2)21(18)26-3;3-2(4,5)1(6)7/h4-10H,11-16H2,1-3H3;(H,6,7). The Morgan fingerprint density at radius 1 is 0.818 bits per heavy atom. The van der Waals surface area contributed by atoms with Gasteiger partial charge in [-0.15, -0.1) is 0 Å². The number of alkyl halides is 3. The molecule has 2 aromatic carbocycles. The Morgan fingerprint density at radius 3 is 1.76 bits per heavy atom. The predicted molar refractivity (Wildman–Crippen MR) is 117 cm³/mol. The Balaban J connectivity index is 0.000000479. The van der Waals surface area contributed by atoms with E-state index in [4.69, 9.17) is 24.1 Å². The van der Waals surface area contributed by atoms with Crippen LogP contribution in [0.15, 0.2) is 42.5 Å². The third-order valence-corrected chi connectivity index (χ3v) is 5.17. The fourth-order valence-electron chi connectivity index (χ4n) is 3.50. The summed E-state index contributed by atoms with van der Waals surface area (Å²) in [6.45, 7) is 5.98. The lowest BCUT2D eigenvalue weighted by molar-refractivity contribution is -0.192. The molecule has 0 saturated carbocycles. The highest BCUT2D eigenvalue weighted by molar-refractivity contribution is 5.73. The maximum Gasteiger partial charge on any atom is 0.490 e. The van der Waals surface area contributed by atoms with Crippen LogP contribution < -0.4 is 14.2 Å². The molecule has 7 nitrogen and oxygen atoms in total. The number of para-hydroxylation sites is 2. The first-order chi connectivity index (χ1) is 15.7. The lowest BCUT2D eigenvalue weighted by Crippen LogP contribution is -2.45. The molecule has 10 heteroatoms. The van der Waals surface area contributed by atoms with Gasteiger partial charge < -0.3 is 19.3 Å². The van der Waals surface area contributed by atoms with Crippen LogP contribution in [-0.4, -0.2) is 74.6 Å². The topological polar surface area (TPSA) is 71.5 Å². The fraction of sp³-hybridized carbons (Fsp3) is 0.435. The smallest absolute Gasteiger partial charge is 0.490 e. The highest BCUT2D eigenvalue weighted by Crippen LogP contribution is 2.31. The van der Waals surface area contributed by atoms with E-state index in [1.807, 2.05) is 24.3 Å². The zero-order valence-corrected chi connectivity index (χ0v) is 18.9. The minimum absolute atomic E-state index is 0.791. The molecular weight excluding hydrogens is 441 g/mol. The Labute approximate surface area is 191 Å². The van der Waals surface area contributed by atoms with Gasteiger partial charge in [0.25, 0.3) is 0 Å². The molecule has 0 bridgehead atoms. The van der Waals surface area contributed by atoms with E-state index in [-0.39, 0.29) is 0 Å². The molecule has 0 amide bonds. The van der Waals surface area contributed by atoms with Gasteiger partial charge in [0, 0.05) is 50.4 Å². The Kier molecular flexibility index (Phi) is 9.80. The molecule has 0 aliphatic carbocycles. The number of carbonyl (C=O) groups is 1. The second kappa shape index (κ2) is 12.3. The molecule has 1 aliphatic rings. The minimum atomic E-state index is -5.08. The Hall–Kier alpha value is -2.98. The van der Waals surface area contributed by atoms with E-state index in [1.54, 1.807) is 21.3 Å². The van der Waals surface area contributed by atoms with E-state index in [9.17, 15) is 13.2 Å². The molecular formula is C23H29F3N2O5. The van der Waals surface area contributed by atoms with Crippen molar-refractivity contribution in [2.45, 2.75) is 19.3 Å². The Morgan fingerprint density at radius 2 is 1.27 bits per heavy atom. The first kappa shape index (κ1) is 26.3. The van der Waals surface area contributed by atoms with Crippen molar-refractivity contribution in [1.29, 1.82) is 0 Å². The summed E-state index contributed by atoms with van der Waals surface area (Å²) in [7, 11) is 5.11. The van der Waals surface area contributed by atoms with Crippen LogP contribution in [0.1, 0.15) is 11.1 Å². The second-order valence-corrected chi connectivity index (χ2v) is 7.32. The van der Waals surface area contributed by atoms with E-state index in [1.165, 1.54) is 11.1 Å². The average molecular weight is 470 g/mol. The normalized spacial score (nSPS) is 14.7. The molecule has 2 aromatic rings. The quantitative estimate of drug-likeness (QED) is 0.662. The predicted octanol–water partition coefficient (Wildman–Crippen LogP) is 3.66. The zero-order valence-electron chi connectivity index (χ0n) is 18.9. The molecule has 1 aliphatic heterocycles. The van der Waals surface area contributed by atoms with Gasteiger partial charge in [-0.2, -0.15) is 13.2 Å². The van der Waals surface area contributed by atoms with Crippen LogP contribution in [0.25, 0.3) is 0 Å². The molecule has 0 atom stereocenters. The van der Waals surface area contributed by atoms with Crippen molar-refractivity contribution in [3.05, 3.63) is 53.6 Å². The molecule has 1 heterocycles. The van der Waals surface area contributed by atoms with E-state index in [2.05, 4.69) is 28.0 Å². The summed E-state index contributed by atoms with van der Waals surface area (Å²) in [5.41, 5.74) is 2.42. The maximum atomic E-state index is 10.6. The van der Waals surface area contributed by atoms with Gasteiger partial charge in [0.05, 0.1) is 21.3 Å². The maximum absolute atomic E-state index is 10.6.